The maximum absolute atomic E-state index is 10.5. The van der Waals surface area contributed by atoms with Crippen LogP contribution in [-0.4, -0.2) is 23.8 Å². The first-order chi connectivity index (χ1) is 12.5. The molecule has 4 nitrogen and oxygen atoms in total. The summed E-state index contributed by atoms with van der Waals surface area (Å²) in [4.78, 5) is 0. The SMILES string of the molecule is CCCCCCCCCCCCCCCS(=O)(=O)O.Oc1ccccc1. The zero-order chi connectivity index (χ0) is 19.5. The molecule has 0 heterocycles. The molecule has 0 atom stereocenters. The molecular weight excluding hydrogens is 348 g/mol. The number of para-hydroxylation sites is 1. The summed E-state index contributed by atoms with van der Waals surface area (Å²) in [6.45, 7) is 2.25. The molecular formula is C21H38O4S. The van der Waals surface area contributed by atoms with E-state index in [1.807, 2.05) is 6.07 Å². The Bertz CT molecular complexity index is 500. The van der Waals surface area contributed by atoms with E-state index in [-0.39, 0.29) is 5.75 Å². The number of rotatable bonds is 14. The van der Waals surface area contributed by atoms with Gasteiger partial charge < -0.3 is 5.11 Å². The van der Waals surface area contributed by atoms with E-state index in [1.165, 1.54) is 64.2 Å². The average molecular weight is 387 g/mol. The highest BCUT2D eigenvalue weighted by Crippen LogP contribution is 2.12. The molecule has 1 aromatic carbocycles. The lowest BCUT2D eigenvalue weighted by atomic mass is 10.1. The summed E-state index contributed by atoms with van der Waals surface area (Å²) in [6, 6.07) is 8.71. The zero-order valence-electron chi connectivity index (χ0n) is 16.4. The first-order valence-corrected chi connectivity index (χ1v) is 11.8. The fraction of sp³-hybridized carbons (Fsp3) is 0.714. The lowest BCUT2D eigenvalue weighted by Crippen LogP contribution is -2.03. The third-order valence-electron chi connectivity index (χ3n) is 4.26. The summed E-state index contributed by atoms with van der Waals surface area (Å²) < 4.78 is 29.5. The molecule has 0 unspecified atom stereocenters. The van der Waals surface area contributed by atoms with Crippen molar-refractivity contribution in [1.82, 2.24) is 0 Å². The third-order valence-corrected chi connectivity index (χ3v) is 5.07. The van der Waals surface area contributed by atoms with E-state index in [4.69, 9.17) is 9.66 Å². The summed E-state index contributed by atoms with van der Waals surface area (Å²) in [5.41, 5.74) is 0. The maximum atomic E-state index is 10.5. The van der Waals surface area contributed by atoms with Crippen molar-refractivity contribution >= 4 is 10.1 Å². The second-order valence-corrected chi connectivity index (χ2v) is 8.44. The van der Waals surface area contributed by atoms with Gasteiger partial charge in [0.15, 0.2) is 0 Å². The summed E-state index contributed by atoms with van der Waals surface area (Å²) in [5, 5.41) is 8.63. The van der Waals surface area contributed by atoms with Crippen molar-refractivity contribution < 1.29 is 18.1 Å². The number of unbranched alkanes of at least 4 members (excludes halogenated alkanes) is 12. The predicted molar refractivity (Wildman–Crippen MR) is 110 cm³/mol. The van der Waals surface area contributed by atoms with E-state index >= 15 is 0 Å². The Morgan fingerprint density at radius 3 is 1.38 bits per heavy atom. The minimum atomic E-state index is -3.74. The average Bonchev–Trinajstić information content (AvgIpc) is 2.59. The van der Waals surface area contributed by atoms with Gasteiger partial charge in [-0.15, -0.1) is 0 Å². The van der Waals surface area contributed by atoms with E-state index in [1.54, 1.807) is 24.3 Å². The van der Waals surface area contributed by atoms with Crippen LogP contribution in [-0.2, 0) is 10.1 Å². The fourth-order valence-corrected chi connectivity index (χ4v) is 3.30. The minimum Gasteiger partial charge on any atom is -0.508 e. The standard InChI is InChI=1S/C15H32O3S.C6H6O/c1-2-3-4-5-6-7-8-9-10-11-12-13-14-15-19(16,17)18;7-6-4-2-1-3-5-6/h2-15H2,1H3,(H,16,17,18);1-5,7H. The molecule has 0 spiro atoms. The lowest BCUT2D eigenvalue weighted by molar-refractivity contribution is 0.475. The van der Waals surface area contributed by atoms with Gasteiger partial charge in [-0.1, -0.05) is 102 Å². The first-order valence-electron chi connectivity index (χ1n) is 10.1. The molecule has 26 heavy (non-hydrogen) atoms. The highest BCUT2D eigenvalue weighted by molar-refractivity contribution is 7.85. The van der Waals surface area contributed by atoms with Crippen LogP contribution in [0.25, 0.3) is 0 Å². The highest BCUT2D eigenvalue weighted by atomic mass is 32.2. The van der Waals surface area contributed by atoms with Gasteiger partial charge in [0, 0.05) is 0 Å². The van der Waals surface area contributed by atoms with Crippen LogP contribution >= 0.6 is 0 Å². The molecule has 0 saturated heterocycles. The van der Waals surface area contributed by atoms with Crippen molar-refractivity contribution in [3.05, 3.63) is 30.3 Å². The Balaban J connectivity index is 0.000000735. The molecule has 0 saturated carbocycles. The number of phenolic OH excluding ortho intramolecular Hbond substituents is 1. The van der Waals surface area contributed by atoms with Crippen molar-refractivity contribution in [2.45, 2.75) is 90.4 Å². The summed E-state index contributed by atoms with van der Waals surface area (Å²) in [7, 11) is -3.74. The molecule has 152 valence electrons. The number of aromatic hydroxyl groups is 1. The van der Waals surface area contributed by atoms with Crippen LogP contribution in [0, 0.1) is 0 Å². The van der Waals surface area contributed by atoms with Crippen LogP contribution < -0.4 is 0 Å². The maximum Gasteiger partial charge on any atom is 0.264 e. The Morgan fingerprint density at radius 2 is 1.08 bits per heavy atom. The number of phenols is 1. The topological polar surface area (TPSA) is 74.6 Å². The zero-order valence-corrected chi connectivity index (χ0v) is 17.2. The number of hydrogen-bond donors (Lipinski definition) is 2. The molecule has 1 aromatic rings. The van der Waals surface area contributed by atoms with Crippen molar-refractivity contribution in [3.8, 4) is 5.75 Å². The van der Waals surface area contributed by atoms with Gasteiger partial charge in [0.05, 0.1) is 5.75 Å². The lowest BCUT2D eigenvalue weighted by Gasteiger charge is -2.02. The van der Waals surface area contributed by atoms with Crippen molar-refractivity contribution in [2.24, 2.45) is 0 Å². The van der Waals surface area contributed by atoms with E-state index < -0.39 is 10.1 Å². The van der Waals surface area contributed by atoms with E-state index in [9.17, 15) is 8.42 Å². The van der Waals surface area contributed by atoms with Crippen molar-refractivity contribution in [2.75, 3.05) is 5.75 Å². The molecule has 2 N–H and O–H groups in total. The highest BCUT2D eigenvalue weighted by Gasteiger charge is 2.02. The van der Waals surface area contributed by atoms with E-state index in [2.05, 4.69) is 6.92 Å². The summed E-state index contributed by atoms with van der Waals surface area (Å²) >= 11 is 0. The first kappa shape index (κ1) is 24.9. The molecule has 0 aliphatic carbocycles. The van der Waals surface area contributed by atoms with Gasteiger partial charge >= 0.3 is 0 Å². The fourth-order valence-electron chi connectivity index (χ4n) is 2.73. The van der Waals surface area contributed by atoms with Crippen LogP contribution in [0.1, 0.15) is 90.4 Å². The van der Waals surface area contributed by atoms with Crippen LogP contribution in [0.15, 0.2) is 30.3 Å². The van der Waals surface area contributed by atoms with Gasteiger partial charge in [-0.2, -0.15) is 8.42 Å². The molecule has 1 rings (SSSR count). The monoisotopic (exact) mass is 386 g/mol. The molecule has 0 radical (unpaired) electrons. The molecule has 0 amide bonds. The molecule has 5 heteroatoms. The third kappa shape index (κ3) is 21.0. The van der Waals surface area contributed by atoms with Crippen molar-refractivity contribution in [3.63, 3.8) is 0 Å². The van der Waals surface area contributed by atoms with Crippen LogP contribution in [0.3, 0.4) is 0 Å². The van der Waals surface area contributed by atoms with E-state index in [0.29, 0.717) is 12.2 Å². The van der Waals surface area contributed by atoms with Gasteiger partial charge in [0.2, 0.25) is 0 Å². The van der Waals surface area contributed by atoms with Gasteiger partial charge in [0.25, 0.3) is 10.1 Å². The van der Waals surface area contributed by atoms with Crippen LogP contribution in [0.5, 0.6) is 5.75 Å². The van der Waals surface area contributed by atoms with Crippen molar-refractivity contribution in [1.29, 1.82) is 0 Å². The molecule has 0 aliphatic rings. The van der Waals surface area contributed by atoms with Gasteiger partial charge in [-0.25, -0.2) is 0 Å². The normalized spacial score (nSPS) is 11.0. The van der Waals surface area contributed by atoms with E-state index in [0.717, 1.165) is 12.8 Å². The summed E-state index contributed by atoms with van der Waals surface area (Å²) in [5.74, 6) is 0.243. The number of benzene rings is 1. The molecule has 0 fully saturated rings. The minimum absolute atomic E-state index is 0.0786. The van der Waals surface area contributed by atoms with Crippen LogP contribution in [0.4, 0.5) is 0 Å². The van der Waals surface area contributed by atoms with Gasteiger partial charge in [-0.3, -0.25) is 4.55 Å². The smallest absolute Gasteiger partial charge is 0.264 e. The van der Waals surface area contributed by atoms with Gasteiger partial charge in [-0.05, 0) is 18.6 Å². The Kier molecular flexibility index (Phi) is 16.6. The second kappa shape index (κ2) is 17.3. The quantitative estimate of drug-likeness (QED) is 0.288. The molecule has 0 aromatic heterocycles. The Hall–Kier alpha value is -1.07. The Labute approximate surface area is 160 Å². The van der Waals surface area contributed by atoms with Gasteiger partial charge in [0.1, 0.15) is 5.75 Å². The molecule has 0 aliphatic heterocycles. The molecule has 0 bridgehead atoms. The largest absolute Gasteiger partial charge is 0.508 e. The summed E-state index contributed by atoms with van der Waals surface area (Å²) in [6.07, 6.45) is 15.9. The number of hydrogen-bond acceptors (Lipinski definition) is 3. The second-order valence-electron chi connectivity index (χ2n) is 6.86. The Morgan fingerprint density at radius 1 is 0.692 bits per heavy atom. The predicted octanol–water partition coefficient (Wildman–Crippen LogP) is 6.36. The van der Waals surface area contributed by atoms with Crippen LogP contribution in [0.2, 0.25) is 0 Å².